The van der Waals surface area contributed by atoms with E-state index in [1.807, 2.05) is 24.3 Å². The molecule has 0 spiro atoms. The first-order chi connectivity index (χ1) is 7.25. The van der Waals surface area contributed by atoms with Gasteiger partial charge in [0.05, 0.1) is 0 Å². The average molecular weight is 207 g/mol. The quantitative estimate of drug-likeness (QED) is 0.807. The molecule has 1 aromatic carbocycles. The van der Waals surface area contributed by atoms with E-state index in [9.17, 15) is 4.79 Å². The van der Waals surface area contributed by atoms with Crippen LogP contribution in [0.1, 0.15) is 12.8 Å². The maximum absolute atomic E-state index is 10.6. The van der Waals surface area contributed by atoms with Crippen molar-refractivity contribution in [2.45, 2.75) is 18.9 Å². The Labute approximate surface area is 88.0 Å². The van der Waals surface area contributed by atoms with E-state index in [0.29, 0.717) is 19.4 Å². The molecule has 4 nitrogen and oxygen atoms in total. The zero-order chi connectivity index (χ0) is 10.7. The van der Waals surface area contributed by atoms with E-state index in [2.05, 4.69) is 0 Å². The summed E-state index contributed by atoms with van der Waals surface area (Å²) in [6.45, 7) is 0.476. The lowest BCUT2D eigenvalue weighted by Crippen LogP contribution is -2.30. The molecule has 4 heteroatoms. The SMILES string of the molecule is NC(=O)CCC1COc2ccccc2O1. The second kappa shape index (κ2) is 4.21. The second-order valence-electron chi connectivity index (χ2n) is 3.50. The van der Waals surface area contributed by atoms with Crippen LogP contribution in [0.2, 0.25) is 0 Å². The number of rotatable bonds is 3. The Morgan fingerprint density at radius 1 is 1.40 bits per heavy atom. The number of para-hydroxylation sites is 2. The number of nitrogens with two attached hydrogens (primary N) is 1. The topological polar surface area (TPSA) is 61.6 Å². The molecule has 1 aliphatic heterocycles. The van der Waals surface area contributed by atoms with Crippen molar-refractivity contribution in [3.8, 4) is 11.5 Å². The third kappa shape index (κ3) is 2.40. The van der Waals surface area contributed by atoms with Gasteiger partial charge in [0.2, 0.25) is 5.91 Å². The van der Waals surface area contributed by atoms with E-state index in [1.54, 1.807) is 0 Å². The summed E-state index contributed by atoms with van der Waals surface area (Å²) < 4.78 is 11.1. The first-order valence-electron chi connectivity index (χ1n) is 4.92. The number of carbonyl (C=O) groups is 1. The molecule has 2 rings (SSSR count). The highest BCUT2D eigenvalue weighted by Gasteiger charge is 2.20. The van der Waals surface area contributed by atoms with Crippen molar-refractivity contribution < 1.29 is 14.3 Å². The number of amides is 1. The Morgan fingerprint density at radius 2 is 2.13 bits per heavy atom. The van der Waals surface area contributed by atoms with Crippen LogP contribution in [-0.2, 0) is 4.79 Å². The zero-order valence-electron chi connectivity index (χ0n) is 8.31. The molecular formula is C11H13NO3. The van der Waals surface area contributed by atoms with Gasteiger partial charge in [0, 0.05) is 6.42 Å². The summed E-state index contributed by atoms with van der Waals surface area (Å²) >= 11 is 0. The number of fused-ring (bicyclic) bond motifs is 1. The van der Waals surface area contributed by atoms with Crippen molar-refractivity contribution in [3.05, 3.63) is 24.3 Å². The molecule has 0 aliphatic carbocycles. The van der Waals surface area contributed by atoms with Crippen molar-refractivity contribution >= 4 is 5.91 Å². The molecule has 1 amide bonds. The van der Waals surface area contributed by atoms with Gasteiger partial charge in [-0.15, -0.1) is 0 Å². The van der Waals surface area contributed by atoms with Gasteiger partial charge in [-0.25, -0.2) is 0 Å². The lowest BCUT2D eigenvalue weighted by molar-refractivity contribution is -0.118. The van der Waals surface area contributed by atoms with Gasteiger partial charge in [0.15, 0.2) is 11.5 Å². The summed E-state index contributed by atoms with van der Waals surface area (Å²) in [5, 5.41) is 0. The molecule has 80 valence electrons. The highest BCUT2D eigenvalue weighted by molar-refractivity contribution is 5.73. The molecule has 0 fully saturated rings. The number of ether oxygens (including phenoxy) is 2. The minimum absolute atomic E-state index is 0.0765. The van der Waals surface area contributed by atoms with Crippen LogP contribution >= 0.6 is 0 Å². The Bertz CT molecular complexity index is 365. The summed E-state index contributed by atoms with van der Waals surface area (Å²) in [6, 6.07) is 7.50. The Balaban J connectivity index is 1.96. The lowest BCUT2D eigenvalue weighted by atomic mass is 10.2. The van der Waals surface area contributed by atoms with Crippen LogP contribution in [0.3, 0.4) is 0 Å². The minimum atomic E-state index is -0.308. The molecule has 0 saturated carbocycles. The highest BCUT2D eigenvalue weighted by atomic mass is 16.6. The van der Waals surface area contributed by atoms with E-state index < -0.39 is 0 Å². The Kier molecular flexibility index (Phi) is 2.76. The highest BCUT2D eigenvalue weighted by Crippen LogP contribution is 2.31. The van der Waals surface area contributed by atoms with E-state index in [4.69, 9.17) is 15.2 Å². The Hall–Kier alpha value is -1.71. The average Bonchev–Trinajstić information content (AvgIpc) is 2.26. The van der Waals surface area contributed by atoms with Gasteiger partial charge in [-0.3, -0.25) is 4.79 Å². The Morgan fingerprint density at radius 3 is 2.87 bits per heavy atom. The molecule has 0 radical (unpaired) electrons. The monoisotopic (exact) mass is 207 g/mol. The first-order valence-corrected chi connectivity index (χ1v) is 4.92. The van der Waals surface area contributed by atoms with Crippen LogP contribution in [0, 0.1) is 0 Å². The zero-order valence-corrected chi connectivity index (χ0v) is 8.31. The van der Waals surface area contributed by atoms with Crippen molar-refractivity contribution in [3.63, 3.8) is 0 Å². The van der Waals surface area contributed by atoms with Gasteiger partial charge >= 0.3 is 0 Å². The summed E-state index contributed by atoms with van der Waals surface area (Å²) in [6.07, 6.45) is 0.854. The normalized spacial score (nSPS) is 18.5. The lowest BCUT2D eigenvalue weighted by Gasteiger charge is -2.26. The molecule has 0 aromatic heterocycles. The van der Waals surface area contributed by atoms with Crippen molar-refractivity contribution in [2.24, 2.45) is 5.73 Å². The van der Waals surface area contributed by atoms with E-state index in [0.717, 1.165) is 11.5 Å². The van der Waals surface area contributed by atoms with Gasteiger partial charge < -0.3 is 15.2 Å². The molecule has 1 atom stereocenters. The molecule has 1 heterocycles. The van der Waals surface area contributed by atoms with Crippen LogP contribution in [0.5, 0.6) is 11.5 Å². The fraction of sp³-hybridized carbons (Fsp3) is 0.364. The molecule has 2 N–H and O–H groups in total. The summed E-state index contributed by atoms with van der Waals surface area (Å²) in [5.74, 6) is 1.18. The van der Waals surface area contributed by atoms with Gasteiger partial charge in [0.25, 0.3) is 0 Å². The molecule has 15 heavy (non-hydrogen) atoms. The van der Waals surface area contributed by atoms with E-state index >= 15 is 0 Å². The predicted octanol–water partition coefficient (Wildman–Crippen LogP) is 1.09. The molecular weight excluding hydrogens is 194 g/mol. The molecule has 1 unspecified atom stereocenters. The summed E-state index contributed by atoms with van der Waals surface area (Å²) in [4.78, 5) is 10.6. The number of hydrogen-bond acceptors (Lipinski definition) is 3. The van der Waals surface area contributed by atoms with Crippen LogP contribution in [0.4, 0.5) is 0 Å². The second-order valence-corrected chi connectivity index (χ2v) is 3.50. The maximum Gasteiger partial charge on any atom is 0.217 e. The third-order valence-electron chi connectivity index (χ3n) is 2.28. The van der Waals surface area contributed by atoms with Gasteiger partial charge in [-0.05, 0) is 18.6 Å². The molecule has 0 saturated heterocycles. The minimum Gasteiger partial charge on any atom is -0.486 e. The number of primary amides is 1. The van der Waals surface area contributed by atoms with E-state index in [-0.39, 0.29) is 12.0 Å². The van der Waals surface area contributed by atoms with Gasteiger partial charge in [-0.1, -0.05) is 12.1 Å². The molecule has 1 aromatic rings. The largest absolute Gasteiger partial charge is 0.486 e. The van der Waals surface area contributed by atoms with Crippen LogP contribution < -0.4 is 15.2 Å². The fourth-order valence-electron chi connectivity index (χ4n) is 1.51. The standard InChI is InChI=1S/C11H13NO3/c12-11(13)6-5-8-7-14-9-3-1-2-4-10(9)15-8/h1-4,8H,5-7H2,(H2,12,13). The van der Waals surface area contributed by atoms with E-state index in [1.165, 1.54) is 0 Å². The molecule has 1 aliphatic rings. The number of carbonyl (C=O) groups excluding carboxylic acids is 1. The van der Waals surface area contributed by atoms with Crippen LogP contribution in [0.25, 0.3) is 0 Å². The molecule has 0 bridgehead atoms. The summed E-state index contributed by atoms with van der Waals surface area (Å²) in [5.41, 5.74) is 5.07. The maximum atomic E-state index is 10.6. The number of hydrogen-bond donors (Lipinski definition) is 1. The predicted molar refractivity (Wildman–Crippen MR) is 54.8 cm³/mol. The fourth-order valence-corrected chi connectivity index (χ4v) is 1.51. The first kappa shape index (κ1) is 9.83. The number of benzene rings is 1. The van der Waals surface area contributed by atoms with Crippen LogP contribution in [0.15, 0.2) is 24.3 Å². The summed E-state index contributed by atoms with van der Waals surface area (Å²) in [7, 11) is 0. The van der Waals surface area contributed by atoms with Crippen molar-refractivity contribution in [1.82, 2.24) is 0 Å². The third-order valence-corrected chi connectivity index (χ3v) is 2.28. The van der Waals surface area contributed by atoms with Crippen molar-refractivity contribution in [1.29, 1.82) is 0 Å². The van der Waals surface area contributed by atoms with Crippen LogP contribution in [-0.4, -0.2) is 18.6 Å². The van der Waals surface area contributed by atoms with Gasteiger partial charge in [0.1, 0.15) is 12.7 Å². The van der Waals surface area contributed by atoms with Crippen molar-refractivity contribution in [2.75, 3.05) is 6.61 Å². The smallest absolute Gasteiger partial charge is 0.217 e. The van der Waals surface area contributed by atoms with Gasteiger partial charge in [-0.2, -0.15) is 0 Å².